The summed E-state index contributed by atoms with van der Waals surface area (Å²) in [5.74, 6) is -4.23. The summed E-state index contributed by atoms with van der Waals surface area (Å²) in [7, 11) is 0. The van der Waals surface area contributed by atoms with Crippen LogP contribution in [0, 0.1) is 5.82 Å². The van der Waals surface area contributed by atoms with Crippen LogP contribution >= 0.6 is 0 Å². The van der Waals surface area contributed by atoms with E-state index in [4.69, 9.17) is 5.73 Å². The van der Waals surface area contributed by atoms with Crippen molar-refractivity contribution < 1.29 is 27.1 Å². The molecule has 2 unspecified atom stereocenters. The number of nitrogens with zero attached hydrogens (tertiary/aromatic N) is 3. The fourth-order valence-corrected chi connectivity index (χ4v) is 3.81. The van der Waals surface area contributed by atoms with E-state index >= 15 is 4.39 Å². The van der Waals surface area contributed by atoms with E-state index in [0.29, 0.717) is 11.1 Å². The molecule has 0 spiro atoms. The summed E-state index contributed by atoms with van der Waals surface area (Å²) in [4.78, 5) is 4.13. The van der Waals surface area contributed by atoms with Gasteiger partial charge in [-0.2, -0.15) is 13.9 Å². The molecule has 29 heavy (non-hydrogen) atoms. The minimum atomic E-state index is -3.10. The van der Waals surface area contributed by atoms with Crippen LogP contribution in [0.2, 0.25) is 0 Å². The molecule has 7 nitrogen and oxygen atoms in total. The number of aromatic nitrogens is 3. The van der Waals surface area contributed by atoms with Crippen molar-refractivity contribution in [2.75, 3.05) is 5.32 Å². The summed E-state index contributed by atoms with van der Waals surface area (Å²) in [5.41, 5.74) is 6.00. The number of hydrogen-bond donors (Lipinski definition) is 4. The van der Waals surface area contributed by atoms with Gasteiger partial charge in [0.05, 0.1) is 17.9 Å². The van der Waals surface area contributed by atoms with Crippen LogP contribution < -0.4 is 16.4 Å². The lowest BCUT2D eigenvalue weighted by molar-refractivity contribution is -0.0555. The monoisotopic (exact) mass is 418 g/mol. The van der Waals surface area contributed by atoms with Crippen molar-refractivity contribution in [1.29, 1.82) is 0 Å². The number of aliphatic hydroxyl groups excluding tert-OH is 1. The normalized spacial score (nSPS) is 26.0. The van der Waals surface area contributed by atoms with Gasteiger partial charge in [-0.25, -0.2) is 22.8 Å². The second-order valence-electron chi connectivity index (χ2n) is 7.22. The molecule has 1 fully saturated rings. The van der Waals surface area contributed by atoms with E-state index in [1.807, 2.05) is 0 Å². The fraction of sp³-hybridized carbons (Fsp3) is 0.529. The van der Waals surface area contributed by atoms with Gasteiger partial charge in [0.25, 0.3) is 5.92 Å². The summed E-state index contributed by atoms with van der Waals surface area (Å²) in [6.07, 6.45) is 1.03. The highest BCUT2D eigenvalue weighted by Gasteiger charge is 2.45. The van der Waals surface area contributed by atoms with Gasteiger partial charge in [-0.15, -0.1) is 0 Å². The maximum atomic E-state index is 15.0. The lowest BCUT2D eigenvalue weighted by atomic mass is 9.87. The van der Waals surface area contributed by atoms with Gasteiger partial charge >= 0.3 is 6.55 Å². The first-order valence-corrected chi connectivity index (χ1v) is 9.05. The maximum absolute atomic E-state index is 15.0. The Morgan fingerprint density at radius 3 is 2.83 bits per heavy atom. The van der Waals surface area contributed by atoms with Crippen LogP contribution in [0.1, 0.15) is 43.2 Å². The first-order chi connectivity index (χ1) is 13.7. The van der Waals surface area contributed by atoms with E-state index in [1.165, 1.54) is 0 Å². The molecule has 0 aromatic carbocycles. The third-order valence-corrected chi connectivity index (χ3v) is 5.37. The van der Waals surface area contributed by atoms with E-state index in [-0.39, 0.29) is 47.6 Å². The third kappa shape index (κ3) is 3.45. The average molecular weight is 418 g/mol. The van der Waals surface area contributed by atoms with Crippen molar-refractivity contribution >= 4 is 5.82 Å². The zero-order chi connectivity index (χ0) is 20.9. The lowest BCUT2D eigenvalue weighted by Gasteiger charge is -2.36. The molecule has 3 heterocycles. The van der Waals surface area contributed by atoms with Gasteiger partial charge in [-0.05, 0) is 12.8 Å². The van der Waals surface area contributed by atoms with Crippen molar-refractivity contribution in [3.63, 3.8) is 0 Å². The van der Waals surface area contributed by atoms with E-state index in [0.717, 1.165) is 12.4 Å². The van der Waals surface area contributed by atoms with Crippen LogP contribution in [0.5, 0.6) is 0 Å². The zero-order valence-electron chi connectivity index (χ0n) is 15.0. The molecule has 2 aromatic rings. The molecule has 3 atom stereocenters. The molecule has 1 aliphatic heterocycles. The number of nitrogens with one attached hydrogen (secondary N) is 2. The number of halogens is 5. The highest BCUT2D eigenvalue weighted by Crippen LogP contribution is 2.39. The van der Waals surface area contributed by atoms with Crippen molar-refractivity contribution in [3.8, 4) is 11.3 Å². The number of fused-ring (bicyclic) bond motifs is 1. The van der Waals surface area contributed by atoms with Gasteiger partial charge in [0.2, 0.25) is 0 Å². The highest BCUT2D eigenvalue weighted by atomic mass is 19.3. The second kappa shape index (κ2) is 7.18. The molecule has 0 amide bonds. The van der Waals surface area contributed by atoms with Gasteiger partial charge < -0.3 is 16.2 Å². The number of anilines is 1. The predicted molar refractivity (Wildman–Crippen MR) is 92.7 cm³/mol. The SMILES string of the molecule is N[C@@H]1C(Nc2nc(-c3cnn(C(F)F)c3)c3c(c2F)CNC3O)CCCC1(F)F. The van der Waals surface area contributed by atoms with E-state index in [9.17, 15) is 22.7 Å². The van der Waals surface area contributed by atoms with Gasteiger partial charge in [-0.1, -0.05) is 0 Å². The molecule has 12 heteroatoms. The predicted octanol–water partition coefficient (Wildman–Crippen LogP) is 2.50. The number of aliphatic hydroxyl groups is 1. The first-order valence-electron chi connectivity index (χ1n) is 9.05. The van der Waals surface area contributed by atoms with Crippen LogP contribution in [0.3, 0.4) is 0 Å². The third-order valence-electron chi connectivity index (χ3n) is 5.37. The van der Waals surface area contributed by atoms with E-state index in [2.05, 4.69) is 20.7 Å². The molecular weight excluding hydrogens is 399 g/mol. The van der Waals surface area contributed by atoms with Crippen LogP contribution in [-0.2, 0) is 6.54 Å². The lowest BCUT2D eigenvalue weighted by Crippen LogP contribution is -2.55. The van der Waals surface area contributed by atoms with Crippen molar-refractivity contribution in [2.24, 2.45) is 5.73 Å². The summed E-state index contributed by atoms with van der Waals surface area (Å²) < 4.78 is 69.0. The first kappa shape index (κ1) is 20.0. The number of pyridine rings is 1. The number of nitrogens with two attached hydrogens (primary N) is 1. The molecule has 1 saturated carbocycles. The number of alkyl halides is 4. The minimum Gasteiger partial charge on any atom is -0.374 e. The van der Waals surface area contributed by atoms with Crippen molar-refractivity contribution in [2.45, 2.75) is 56.6 Å². The number of hydrogen-bond acceptors (Lipinski definition) is 6. The topological polar surface area (TPSA) is 101 Å². The minimum absolute atomic E-state index is 0.0319. The van der Waals surface area contributed by atoms with E-state index < -0.39 is 36.6 Å². The second-order valence-corrected chi connectivity index (χ2v) is 7.22. The average Bonchev–Trinajstić information content (AvgIpc) is 3.29. The van der Waals surface area contributed by atoms with Crippen molar-refractivity contribution in [1.82, 2.24) is 20.1 Å². The number of rotatable bonds is 4. The molecule has 0 bridgehead atoms. The molecule has 2 aromatic heterocycles. The smallest absolute Gasteiger partial charge is 0.333 e. The molecule has 1 aliphatic carbocycles. The van der Waals surface area contributed by atoms with Gasteiger partial charge in [0.1, 0.15) is 6.23 Å². The zero-order valence-corrected chi connectivity index (χ0v) is 15.0. The Morgan fingerprint density at radius 2 is 2.14 bits per heavy atom. The highest BCUT2D eigenvalue weighted by molar-refractivity contribution is 5.68. The molecule has 5 N–H and O–H groups in total. The quantitative estimate of drug-likeness (QED) is 0.570. The Morgan fingerprint density at radius 1 is 1.38 bits per heavy atom. The summed E-state index contributed by atoms with van der Waals surface area (Å²) in [6.45, 7) is -2.93. The van der Waals surface area contributed by atoms with Crippen LogP contribution in [-0.4, -0.2) is 37.9 Å². The standard InChI is InChI=1S/C17H19F5N6O/c18-11-8-5-24-15(29)10(8)12(7-4-25-28(6-7)16(19)20)27-14(11)26-9-2-1-3-17(21,22)13(9)23/h4,6,9,13,15-16,24,29H,1-3,5,23H2,(H,26,27)/t9?,13-,15?/m1/s1. The Kier molecular flexibility index (Phi) is 4.95. The molecule has 2 aliphatic rings. The van der Waals surface area contributed by atoms with Gasteiger partial charge in [-0.3, -0.25) is 5.32 Å². The molecule has 158 valence electrons. The summed E-state index contributed by atoms with van der Waals surface area (Å²) in [6, 6.07) is -2.45. The van der Waals surface area contributed by atoms with Crippen LogP contribution in [0.25, 0.3) is 11.3 Å². The summed E-state index contributed by atoms with van der Waals surface area (Å²) in [5, 5.41) is 19.0. The molecule has 4 rings (SSSR count). The van der Waals surface area contributed by atoms with Gasteiger partial charge in [0, 0.05) is 41.9 Å². The van der Waals surface area contributed by atoms with Crippen LogP contribution in [0.15, 0.2) is 12.4 Å². The van der Waals surface area contributed by atoms with Crippen molar-refractivity contribution in [3.05, 3.63) is 29.3 Å². The van der Waals surface area contributed by atoms with Gasteiger partial charge in [0.15, 0.2) is 11.6 Å². The Hall–Kier alpha value is -2.31. The van der Waals surface area contributed by atoms with E-state index in [1.54, 1.807) is 0 Å². The fourth-order valence-electron chi connectivity index (χ4n) is 3.81. The largest absolute Gasteiger partial charge is 0.374 e. The summed E-state index contributed by atoms with van der Waals surface area (Å²) >= 11 is 0. The molecule has 0 radical (unpaired) electrons. The Balaban J connectivity index is 1.75. The Labute approximate surface area is 162 Å². The molecule has 0 saturated heterocycles. The molecular formula is C17H19F5N6O. The van der Waals surface area contributed by atoms with Crippen LogP contribution in [0.4, 0.5) is 27.8 Å². The maximum Gasteiger partial charge on any atom is 0.333 e. The Bertz CT molecular complexity index is 920.